The predicted octanol–water partition coefficient (Wildman–Crippen LogP) is 10.1. The molecule has 0 fully saturated rings. The van der Waals surface area contributed by atoms with Crippen LogP contribution in [0.5, 0.6) is 0 Å². The molecule has 1 aromatic heterocycles. The van der Waals surface area contributed by atoms with Gasteiger partial charge in [-0.15, -0.1) is 0 Å². The summed E-state index contributed by atoms with van der Waals surface area (Å²) in [6, 6.07) is 71.5. The summed E-state index contributed by atoms with van der Waals surface area (Å²) in [7, 11) is -0.790. The highest BCUT2D eigenvalue weighted by molar-refractivity contribution is 6.95. The molecule has 0 unspecified atom stereocenters. The van der Waals surface area contributed by atoms with Crippen LogP contribution in [0.3, 0.4) is 0 Å². The van der Waals surface area contributed by atoms with Crippen LogP contribution in [0.2, 0.25) is 0 Å². The minimum Gasteiger partial charge on any atom is -0.324 e. The highest BCUT2D eigenvalue weighted by Gasteiger charge is 2.38. The molecule has 0 radical (unpaired) electrons. The van der Waals surface area contributed by atoms with Crippen molar-refractivity contribution in [2.24, 2.45) is 0 Å². The highest BCUT2D eigenvalue weighted by Crippen LogP contribution is 2.44. The number of nitrogens with zero attached hydrogens (tertiary/aromatic N) is 2. The summed E-state index contributed by atoms with van der Waals surface area (Å²) in [5, 5.41) is 0. The summed E-state index contributed by atoms with van der Waals surface area (Å²) >= 11 is 0. The first-order chi connectivity index (χ1) is 28.6. The van der Waals surface area contributed by atoms with E-state index in [4.69, 9.17) is 0 Å². The van der Waals surface area contributed by atoms with Gasteiger partial charge in [0.25, 0.3) is 0 Å². The van der Waals surface area contributed by atoms with E-state index in [1.54, 1.807) is 0 Å². The molecule has 0 saturated carbocycles. The van der Waals surface area contributed by atoms with Gasteiger partial charge in [-0.05, 0) is 40.5 Å². The van der Waals surface area contributed by atoms with Gasteiger partial charge >= 0.3 is 7.40 Å². The molecule has 0 saturated heterocycles. The average molecular weight is 752 g/mol. The third-order valence-electron chi connectivity index (χ3n) is 11.0. The summed E-state index contributed by atoms with van der Waals surface area (Å²) in [5.41, 5.74) is 13.0. The van der Waals surface area contributed by atoms with Gasteiger partial charge in [0.1, 0.15) is 7.05 Å². The highest BCUT2D eigenvalue weighted by atomic mass is 19.2. The number of likely N-dealkylation sites (N-methyl/N-ethyl adjacent to an activating group) is 1. The third-order valence-corrected chi connectivity index (χ3v) is 11.0. The second-order valence-electron chi connectivity index (χ2n) is 14.5. The average Bonchev–Trinajstić information content (AvgIpc) is 3.85. The number of halogens is 2. The van der Waals surface area contributed by atoms with Crippen molar-refractivity contribution in [2.45, 2.75) is 0 Å². The van der Waals surface area contributed by atoms with Gasteiger partial charge in [0, 0.05) is 22.9 Å². The first kappa shape index (κ1) is 36.6. The van der Waals surface area contributed by atoms with E-state index in [1.165, 1.54) is 15.4 Å². The molecule has 58 heavy (non-hydrogen) atoms. The Labute approximate surface area is 339 Å². The number of hydrogen-bond acceptors (Lipinski definition) is 0. The Morgan fingerprint density at radius 2 is 0.914 bits per heavy atom. The van der Waals surface area contributed by atoms with Crippen LogP contribution in [0.15, 0.2) is 224 Å². The van der Waals surface area contributed by atoms with Crippen molar-refractivity contribution in [3.8, 4) is 22.4 Å². The molecule has 0 aliphatic carbocycles. The number of allylic oxidation sites excluding steroid dienone is 2. The van der Waals surface area contributed by atoms with Crippen molar-refractivity contribution < 1.29 is 13.2 Å². The maximum absolute atomic E-state index is 16.2. The lowest BCUT2D eigenvalue weighted by molar-refractivity contribution is -0.430. The van der Waals surface area contributed by atoms with E-state index >= 15 is 8.63 Å². The van der Waals surface area contributed by atoms with Crippen LogP contribution < -0.4 is 16.4 Å². The maximum atomic E-state index is 16.2. The number of hydrogen-bond donors (Lipinski definition) is 0. The number of benzene rings is 7. The summed E-state index contributed by atoms with van der Waals surface area (Å²) < 4.78 is 35.8. The van der Waals surface area contributed by atoms with E-state index in [-0.39, 0.29) is 6.71 Å². The zero-order valence-corrected chi connectivity index (χ0v) is 32.1. The van der Waals surface area contributed by atoms with E-state index in [2.05, 4.69) is 115 Å². The lowest BCUT2D eigenvalue weighted by atomic mass is 9.37. The summed E-state index contributed by atoms with van der Waals surface area (Å²) in [5.74, 6) is 0. The normalized spacial score (nSPS) is 13.3. The Morgan fingerprint density at radius 3 is 1.41 bits per heavy atom. The van der Waals surface area contributed by atoms with Crippen LogP contribution in [0.4, 0.5) is 8.63 Å². The molecule has 0 spiro atoms. The smallest absolute Gasteiger partial charge is 0.324 e. The minimum atomic E-state index is -2.84. The molecule has 0 amide bonds. The van der Waals surface area contributed by atoms with Crippen molar-refractivity contribution in [1.82, 2.24) is 4.48 Å². The molecular weight excluding hydrogens is 712 g/mol. The van der Waals surface area contributed by atoms with Crippen LogP contribution in [0.1, 0.15) is 22.4 Å². The summed E-state index contributed by atoms with van der Waals surface area (Å²) in [6.07, 6.45) is 2.20. The van der Waals surface area contributed by atoms with Gasteiger partial charge in [-0.25, -0.2) is 0 Å². The Kier molecular flexibility index (Phi) is 10.2. The van der Waals surface area contributed by atoms with Crippen molar-refractivity contribution in [3.05, 3.63) is 246 Å². The Hall–Kier alpha value is -7.04. The van der Waals surface area contributed by atoms with Crippen LogP contribution in [0, 0.1) is 0 Å². The van der Waals surface area contributed by atoms with Crippen LogP contribution in [-0.4, -0.2) is 35.9 Å². The van der Waals surface area contributed by atoms with Crippen molar-refractivity contribution in [2.75, 3.05) is 7.05 Å². The van der Waals surface area contributed by atoms with Gasteiger partial charge in [0.15, 0.2) is 0 Å². The summed E-state index contributed by atoms with van der Waals surface area (Å²) in [4.78, 5) is 0. The molecule has 0 bridgehead atoms. The Balaban J connectivity index is 1.38. The lowest BCUT2D eigenvalue weighted by Crippen LogP contribution is -2.51. The van der Waals surface area contributed by atoms with Gasteiger partial charge in [0.05, 0.1) is 16.8 Å². The quantitative estimate of drug-likeness (QED) is 0.0972. The molecule has 7 aromatic carbocycles. The van der Waals surface area contributed by atoms with Gasteiger partial charge in [0.2, 0.25) is 18.1 Å². The maximum Gasteiger partial charge on any atom is 0.678 e. The van der Waals surface area contributed by atoms with E-state index in [0.717, 1.165) is 55.8 Å². The molecule has 1 aliphatic rings. The number of aromatic nitrogens is 1. The third kappa shape index (κ3) is 6.99. The standard InChI is InChI=1S/C52H39B2F2N2/c1-57-48(40-24-12-4-13-25-40)36-46(38-20-8-2-9-21-38)51(57)50(42-32-34-45(35-33-42)53(43-28-16-6-17-29-43)44-30-18-7-19-31-44)52-47(39-22-10-3-11-23-39)37-49(58(52)54(55)56)41-26-14-5-15-27-41/h2-37H,1H3/q+1. The van der Waals surface area contributed by atoms with E-state index in [9.17, 15) is 0 Å². The zero-order valence-electron chi connectivity index (χ0n) is 32.1. The second kappa shape index (κ2) is 16.2. The van der Waals surface area contributed by atoms with Crippen LogP contribution in [-0.2, 0) is 0 Å². The largest absolute Gasteiger partial charge is 0.678 e. The molecule has 0 atom stereocenters. The number of rotatable bonds is 10. The topological polar surface area (TPSA) is 7.94 Å². The molecule has 2 nitrogen and oxygen atoms in total. The monoisotopic (exact) mass is 751 g/mol. The molecule has 2 heterocycles. The first-order valence-corrected chi connectivity index (χ1v) is 19.6. The van der Waals surface area contributed by atoms with E-state index in [0.29, 0.717) is 17.0 Å². The van der Waals surface area contributed by atoms with Gasteiger partial charge in [-0.2, -0.15) is 4.58 Å². The molecule has 8 aromatic rings. The molecule has 0 N–H and O–H groups in total. The van der Waals surface area contributed by atoms with Crippen LogP contribution >= 0.6 is 0 Å². The zero-order chi connectivity index (χ0) is 39.4. The minimum absolute atomic E-state index is 0.0195. The molecular formula is C52H39B2F2N2+. The van der Waals surface area contributed by atoms with Gasteiger partial charge in [-0.3, -0.25) is 8.63 Å². The SMILES string of the molecule is C[N+]1=C(c2ccccc2)C=C(c2ccccc2)/C1=C(\c1ccc(B(c2ccccc2)c2ccccc2)cc1)c1c(-c2ccccc2)cc(-c2ccccc2)n1B(F)F. The molecule has 6 heteroatoms. The molecule has 9 rings (SSSR count). The van der Waals surface area contributed by atoms with Crippen molar-refractivity contribution >= 4 is 47.4 Å². The Bertz CT molecular complexity index is 2720. The van der Waals surface area contributed by atoms with E-state index < -0.39 is 7.40 Å². The lowest BCUT2D eigenvalue weighted by Gasteiger charge is -2.20. The first-order valence-electron chi connectivity index (χ1n) is 19.6. The fraction of sp³-hybridized carbons (Fsp3) is 0.0192. The van der Waals surface area contributed by atoms with Gasteiger partial charge in [-0.1, -0.05) is 211 Å². The van der Waals surface area contributed by atoms with Crippen LogP contribution in [0.25, 0.3) is 33.5 Å². The molecule has 276 valence electrons. The van der Waals surface area contributed by atoms with E-state index in [1.807, 2.05) is 115 Å². The molecule has 1 aliphatic heterocycles. The fourth-order valence-electron chi connectivity index (χ4n) is 8.38. The summed E-state index contributed by atoms with van der Waals surface area (Å²) in [6.45, 7) is -0.0195. The van der Waals surface area contributed by atoms with Gasteiger partial charge < -0.3 is 4.48 Å². The predicted molar refractivity (Wildman–Crippen MR) is 240 cm³/mol. The second-order valence-corrected chi connectivity index (χ2v) is 14.5. The van der Waals surface area contributed by atoms with Crippen molar-refractivity contribution in [1.29, 1.82) is 0 Å². The van der Waals surface area contributed by atoms with Crippen molar-refractivity contribution in [3.63, 3.8) is 0 Å². The fourth-order valence-corrected chi connectivity index (χ4v) is 8.38. The Morgan fingerprint density at radius 1 is 0.483 bits per heavy atom.